The van der Waals surface area contributed by atoms with Crippen LogP contribution in [0, 0.1) is 5.82 Å². The standard InChI is InChI=1S/C22H13ClFN5/c23-16-3-4-20(24)19(7-16)21-8-18(17-2-1-5-26-22(17)29-21)14-6-13(9-25-10-14)15-11-27-28-12-15/h1-12H,(H,27,28). The first kappa shape index (κ1) is 17.5. The van der Waals surface area contributed by atoms with E-state index in [1.54, 1.807) is 37.1 Å². The maximum Gasteiger partial charge on any atom is 0.160 e. The Kier molecular flexibility index (Phi) is 4.26. The Bertz CT molecular complexity index is 1330. The molecule has 0 unspecified atom stereocenters. The summed E-state index contributed by atoms with van der Waals surface area (Å²) in [6, 6.07) is 12.1. The number of benzene rings is 1. The molecule has 0 saturated carbocycles. The Hall–Kier alpha value is -3.64. The van der Waals surface area contributed by atoms with E-state index in [4.69, 9.17) is 11.6 Å². The molecule has 0 saturated heterocycles. The van der Waals surface area contributed by atoms with Crippen molar-refractivity contribution in [3.05, 3.63) is 84.3 Å². The van der Waals surface area contributed by atoms with Crippen LogP contribution in [-0.2, 0) is 0 Å². The van der Waals surface area contributed by atoms with Gasteiger partial charge in [-0.15, -0.1) is 0 Å². The molecule has 0 aliphatic carbocycles. The van der Waals surface area contributed by atoms with Crippen LogP contribution in [-0.4, -0.2) is 25.1 Å². The normalized spacial score (nSPS) is 11.1. The van der Waals surface area contributed by atoms with Crippen molar-refractivity contribution in [2.24, 2.45) is 0 Å². The average molecular weight is 402 g/mol. The van der Waals surface area contributed by atoms with Crippen LogP contribution >= 0.6 is 11.6 Å². The van der Waals surface area contributed by atoms with Crippen molar-refractivity contribution in [3.8, 4) is 33.5 Å². The van der Waals surface area contributed by atoms with Gasteiger partial charge >= 0.3 is 0 Å². The van der Waals surface area contributed by atoms with Gasteiger partial charge in [0.1, 0.15) is 5.82 Å². The van der Waals surface area contributed by atoms with Crippen molar-refractivity contribution in [2.75, 3.05) is 0 Å². The summed E-state index contributed by atoms with van der Waals surface area (Å²) in [4.78, 5) is 13.3. The largest absolute Gasteiger partial charge is 0.285 e. The van der Waals surface area contributed by atoms with E-state index in [-0.39, 0.29) is 0 Å². The van der Waals surface area contributed by atoms with E-state index >= 15 is 0 Å². The molecule has 5 aromatic rings. The number of H-pyrrole nitrogens is 1. The van der Waals surface area contributed by atoms with Crippen molar-refractivity contribution < 1.29 is 4.39 Å². The molecule has 5 nitrogen and oxygen atoms in total. The lowest BCUT2D eigenvalue weighted by Gasteiger charge is -2.11. The third kappa shape index (κ3) is 3.23. The van der Waals surface area contributed by atoms with E-state index in [1.807, 2.05) is 24.3 Å². The van der Waals surface area contributed by atoms with Crippen LogP contribution < -0.4 is 0 Å². The molecule has 0 atom stereocenters. The second-order valence-electron chi connectivity index (χ2n) is 6.50. The number of hydrogen-bond donors (Lipinski definition) is 1. The number of nitrogens with one attached hydrogen (secondary N) is 1. The number of halogens is 2. The Labute approximate surface area is 170 Å². The number of aromatic nitrogens is 5. The van der Waals surface area contributed by atoms with Gasteiger partial charge in [0.25, 0.3) is 0 Å². The van der Waals surface area contributed by atoms with E-state index in [1.165, 1.54) is 12.1 Å². The topological polar surface area (TPSA) is 67.3 Å². The smallest absolute Gasteiger partial charge is 0.160 e. The molecule has 29 heavy (non-hydrogen) atoms. The molecule has 0 amide bonds. The lowest BCUT2D eigenvalue weighted by Crippen LogP contribution is -1.94. The molecule has 5 rings (SSSR count). The van der Waals surface area contributed by atoms with Crippen molar-refractivity contribution in [3.63, 3.8) is 0 Å². The molecule has 4 heterocycles. The van der Waals surface area contributed by atoms with Gasteiger partial charge in [0.2, 0.25) is 0 Å². The van der Waals surface area contributed by atoms with Gasteiger partial charge in [-0.05, 0) is 48.0 Å². The van der Waals surface area contributed by atoms with Crippen LogP contribution in [0.3, 0.4) is 0 Å². The minimum absolute atomic E-state index is 0.324. The molecule has 0 aliphatic heterocycles. The second kappa shape index (κ2) is 7.07. The van der Waals surface area contributed by atoms with Crippen molar-refractivity contribution in [1.29, 1.82) is 0 Å². The molecule has 1 aromatic carbocycles. The third-order valence-corrected chi connectivity index (χ3v) is 4.90. The van der Waals surface area contributed by atoms with Crippen LogP contribution in [0.5, 0.6) is 0 Å². The van der Waals surface area contributed by atoms with Gasteiger partial charge < -0.3 is 0 Å². The molecule has 0 bridgehead atoms. The highest BCUT2D eigenvalue weighted by Gasteiger charge is 2.14. The average Bonchev–Trinajstić information content (AvgIpc) is 3.30. The summed E-state index contributed by atoms with van der Waals surface area (Å²) in [5.74, 6) is -0.395. The van der Waals surface area contributed by atoms with Gasteiger partial charge in [0.05, 0.1) is 11.9 Å². The molecule has 4 aromatic heterocycles. The van der Waals surface area contributed by atoms with Gasteiger partial charge in [-0.3, -0.25) is 10.1 Å². The summed E-state index contributed by atoms with van der Waals surface area (Å²) in [5, 5.41) is 8.09. The predicted molar refractivity (Wildman–Crippen MR) is 111 cm³/mol. The van der Waals surface area contributed by atoms with Gasteiger partial charge in [0.15, 0.2) is 5.65 Å². The van der Waals surface area contributed by atoms with E-state index in [9.17, 15) is 4.39 Å². The number of aromatic amines is 1. The first-order valence-electron chi connectivity index (χ1n) is 8.85. The summed E-state index contributed by atoms with van der Waals surface area (Å²) < 4.78 is 14.5. The summed E-state index contributed by atoms with van der Waals surface area (Å²) in [6.45, 7) is 0. The fraction of sp³-hybridized carbons (Fsp3) is 0. The molecule has 140 valence electrons. The molecule has 1 N–H and O–H groups in total. The first-order chi connectivity index (χ1) is 14.2. The molecular formula is C22H13ClFN5. The molecule has 0 aliphatic rings. The molecule has 0 radical (unpaired) electrons. The van der Waals surface area contributed by atoms with E-state index in [0.717, 1.165) is 27.6 Å². The van der Waals surface area contributed by atoms with Crippen LogP contribution in [0.4, 0.5) is 4.39 Å². The Balaban J connectivity index is 1.76. The molecular weight excluding hydrogens is 389 g/mol. The minimum Gasteiger partial charge on any atom is -0.285 e. The summed E-state index contributed by atoms with van der Waals surface area (Å²) in [5.41, 5.74) is 4.87. The third-order valence-electron chi connectivity index (χ3n) is 4.67. The number of fused-ring (bicyclic) bond motifs is 1. The fourth-order valence-corrected chi connectivity index (χ4v) is 3.45. The maximum atomic E-state index is 14.5. The summed E-state index contributed by atoms with van der Waals surface area (Å²) >= 11 is 6.09. The molecule has 0 spiro atoms. The Morgan fingerprint density at radius 2 is 1.79 bits per heavy atom. The maximum absolute atomic E-state index is 14.5. The SMILES string of the molecule is Fc1ccc(Cl)cc1-c1cc(-c2cncc(-c3cn[nH]c3)c2)c2cccnc2n1. The van der Waals surface area contributed by atoms with Crippen LogP contribution in [0.2, 0.25) is 5.02 Å². The van der Waals surface area contributed by atoms with E-state index < -0.39 is 5.82 Å². The predicted octanol–water partition coefficient (Wildman–Crippen LogP) is 5.54. The Morgan fingerprint density at radius 1 is 0.897 bits per heavy atom. The summed E-state index contributed by atoms with van der Waals surface area (Å²) in [6.07, 6.45) is 8.74. The van der Waals surface area contributed by atoms with Crippen molar-refractivity contribution in [2.45, 2.75) is 0 Å². The van der Waals surface area contributed by atoms with Crippen LogP contribution in [0.15, 0.2) is 73.4 Å². The first-order valence-corrected chi connectivity index (χ1v) is 9.22. The zero-order valence-electron chi connectivity index (χ0n) is 15.0. The van der Waals surface area contributed by atoms with Crippen molar-refractivity contribution in [1.82, 2.24) is 25.1 Å². The number of nitrogens with zero attached hydrogens (tertiary/aromatic N) is 4. The van der Waals surface area contributed by atoms with E-state index in [2.05, 4.69) is 25.1 Å². The van der Waals surface area contributed by atoms with Crippen molar-refractivity contribution >= 4 is 22.6 Å². The fourth-order valence-electron chi connectivity index (χ4n) is 3.28. The highest BCUT2D eigenvalue weighted by Crippen LogP contribution is 2.34. The zero-order valence-corrected chi connectivity index (χ0v) is 15.7. The lowest BCUT2D eigenvalue weighted by molar-refractivity contribution is 0.631. The van der Waals surface area contributed by atoms with Gasteiger partial charge in [-0.25, -0.2) is 14.4 Å². The lowest BCUT2D eigenvalue weighted by atomic mass is 9.99. The highest BCUT2D eigenvalue weighted by atomic mass is 35.5. The number of pyridine rings is 3. The van der Waals surface area contributed by atoms with Crippen LogP contribution in [0.25, 0.3) is 44.5 Å². The highest BCUT2D eigenvalue weighted by molar-refractivity contribution is 6.30. The number of rotatable bonds is 3. The Morgan fingerprint density at radius 3 is 2.66 bits per heavy atom. The number of hydrogen-bond acceptors (Lipinski definition) is 4. The monoisotopic (exact) mass is 401 g/mol. The van der Waals surface area contributed by atoms with Gasteiger partial charge in [-0.2, -0.15) is 5.10 Å². The van der Waals surface area contributed by atoms with Gasteiger partial charge in [-0.1, -0.05) is 11.6 Å². The van der Waals surface area contributed by atoms with Crippen LogP contribution in [0.1, 0.15) is 0 Å². The van der Waals surface area contributed by atoms with Gasteiger partial charge in [0, 0.05) is 57.5 Å². The summed E-state index contributed by atoms with van der Waals surface area (Å²) in [7, 11) is 0. The quantitative estimate of drug-likeness (QED) is 0.431. The minimum atomic E-state index is -0.395. The zero-order chi connectivity index (χ0) is 19.8. The van der Waals surface area contributed by atoms with E-state index in [0.29, 0.717) is 21.9 Å². The molecule has 7 heteroatoms. The second-order valence-corrected chi connectivity index (χ2v) is 6.94. The molecule has 0 fully saturated rings.